The van der Waals surface area contributed by atoms with Crippen molar-refractivity contribution in [3.05, 3.63) is 167 Å². The first-order valence-electron chi connectivity index (χ1n) is 12.7. The first-order valence-corrected chi connectivity index (χ1v) is 12.7. The van der Waals surface area contributed by atoms with E-state index in [2.05, 4.69) is 36.4 Å². The van der Waals surface area contributed by atoms with E-state index in [1.165, 1.54) is 18.2 Å². The Hall–Kier alpha value is -5.03. The van der Waals surface area contributed by atoms with Crippen molar-refractivity contribution in [2.24, 2.45) is 0 Å². The van der Waals surface area contributed by atoms with E-state index in [1.807, 2.05) is 71.4 Å². The Morgan fingerprint density at radius 1 is 0.641 bits per heavy atom. The molecule has 0 amide bonds. The van der Waals surface area contributed by atoms with Gasteiger partial charge >= 0.3 is 0 Å². The van der Waals surface area contributed by atoms with Crippen LogP contribution >= 0.6 is 0 Å². The van der Waals surface area contributed by atoms with Crippen LogP contribution in [0.3, 0.4) is 0 Å². The van der Waals surface area contributed by atoms with Crippen LogP contribution < -0.4 is 5.73 Å². The van der Waals surface area contributed by atoms with Gasteiger partial charge in [0.15, 0.2) is 0 Å². The molecule has 0 bridgehead atoms. The summed E-state index contributed by atoms with van der Waals surface area (Å²) in [6.07, 6.45) is 3.61. The average Bonchev–Trinajstić information content (AvgIpc) is 3.31. The molecule has 0 unspecified atom stereocenters. The van der Waals surface area contributed by atoms with Gasteiger partial charge in [-0.2, -0.15) is 5.10 Å². The van der Waals surface area contributed by atoms with E-state index in [-0.39, 0.29) is 11.5 Å². The van der Waals surface area contributed by atoms with E-state index < -0.39 is 11.4 Å². The van der Waals surface area contributed by atoms with Crippen LogP contribution in [0.1, 0.15) is 27.9 Å². The Bertz CT molecular complexity index is 1680. The number of hydrogen-bond acceptors (Lipinski definition) is 2. The average molecular weight is 514 g/mol. The number of nitrogens with zero attached hydrogens (tertiary/aromatic N) is 2. The van der Waals surface area contributed by atoms with Gasteiger partial charge < -0.3 is 5.73 Å². The van der Waals surface area contributed by atoms with Crippen molar-refractivity contribution >= 4 is 28.7 Å². The molecular formula is C34H25F2N3. The molecule has 2 N–H and O–H groups in total. The molecule has 0 saturated carbocycles. The van der Waals surface area contributed by atoms with Crippen molar-refractivity contribution in [3.63, 3.8) is 0 Å². The third kappa shape index (κ3) is 4.28. The van der Waals surface area contributed by atoms with Crippen molar-refractivity contribution in [1.82, 2.24) is 9.78 Å². The maximum absolute atomic E-state index is 15.1. The molecule has 1 aromatic heterocycles. The second kappa shape index (κ2) is 10.0. The van der Waals surface area contributed by atoms with Crippen molar-refractivity contribution in [2.75, 3.05) is 5.73 Å². The standard InChI is InChI=1S/C34H25F2N3/c35-28-18-10-11-24(21-28)19-20-32-29-22-31(37)30(36)23-33(29)39(38-32)34(25-12-4-1-5-13-25,26-14-6-2-7-15-26)27-16-8-3-9-17-27/h1-23H,37H2/b20-19+. The number of fused-ring (bicyclic) bond motifs is 1. The zero-order chi connectivity index (χ0) is 26.8. The number of rotatable bonds is 6. The first-order chi connectivity index (χ1) is 19.1. The minimum Gasteiger partial charge on any atom is -0.396 e. The minimum atomic E-state index is -0.935. The third-order valence-electron chi connectivity index (χ3n) is 7.00. The lowest BCUT2D eigenvalue weighted by atomic mass is 9.77. The van der Waals surface area contributed by atoms with Crippen LogP contribution in [0.5, 0.6) is 0 Å². The molecule has 6 aromatic rings. The fourth-order valence-electron chi connectivity index (χ4n) is 5.24. The fraction of sp³-hybridized carbons (Fsp3) is 0.0294. The van der Waals surface area contributed by atoms with Crippen LogP contribution in [0.15, 0.2) is 127 Å². The van der Waals surface area contributed by atoms with Gasteiger partial charge in [0.05, 0.1) is 16.9 Å². The molecule has 0 aliphatic carbocycles. The molecule has 5 aromatic carbocycles. The predicted molar refractivity (Wildman–Crippen MR) is 154 cm³/mol. The van der Waals surface area contributed by atoms with Gasteiger partial charge in [-0.3, -0.25) is 0 Å². The summed E-state index contributed by atoms with van der Waals surface area (Å²) in [7, 11) is 0. The SMILES string of the molecule is Nc1cc2c(/C=C/c3cccc(F)c3)nn(C(c3ccccc3)(c3ccccc3)c3ccccc3)c2cc1F. The maximum atomic E-state index is 15.1. The number of anilines is 1. The van der Waals surface area contributed by atoms with E-state index >= 15 is 4.39 Å². The summed E-state index contributed by atoms with van der Waals surface area (Å²) in [5.41, 5.74) is 9.90. The molecule has 5 heteroatoms. The quantitative estimate of drug-likeness (QED) is 0.182. The normalized spacial score (nSPS) is 11.8. The highest BCUT2D eigenvalue weighted by Gasteiger charge is 2.40. The van der Waals surface area contributed by atoms with Crippen LogP contribution in [0.4, 0.5) is 14.5 Å². The van der Waals surface area contributed by atoms with Crippen molar-refractivity contribution in [2.45, 2.75) is 5.54 Å². The summed E-state index contributed by atoms with van der Waals surface area (Å²) in [6, 6.07) is 39.6. The van der Waals surface area contributed by atoms with Gasteiger partial charge in [-0.1, -0.05) is 109 Å². The lowest BCUT2D eigenvalue weighted by Gasteiger charge is -2.37. The Kier molecular flexibility index (Phi) is 6.25. The second-order valence-electron chi connectivity index (χ2n) is 9.38. The molecular weight excluding hydrogens is 488 g/mol. The topological polar surface area (TPSA) is 43.8 Å². The predicted octanol–water partition coefficient (Wildman–Crippen LogP) is 7.91. The number of halogens is 2. The van der Waals surface area contributed by atoms with Gasteiger partial charge in [-0.15, -0.1) is 0 Å². The lowest BCUT2D eigenvalue weighted by molar-refractivity contribution is 0.474. The summed E-state index contributed by atoms with van der Waals surface area (Å²) in [4.78, 5) is 0. The summed E-state index contributed by atoms with van der Waals surface area (Å²) in [5, 5.41) is 5.81. The monoisotopic (exact) mass is 513 g/mol. The third-order valence-corrected chi connectivity index (χ3v) is 7.00. The number of nitrogens with two attached hydrogens (primary N) is 1. The van der Waals surface area contributed by atoms with E-state index in [0.717, 1.165) is 16.7 Å². The molecule has 6 rings (SSSR count). The van der Waals surface area contributed by atoms with Crippen LogP contribution in [-0.4, -0.2) is 9.78 Å². The number of nitrogen functional groups attached to an aromatic ring is 1. The Labute approximate surface area is 225 Å². The summed E-state index contributed by atoms with van der Waals surface area (Å²) in [5.74, 6) is -0.845. The van der Waals surface area contributed by atoms with E-state index in [1.54, 1.807) is 18.2 Å². The second-order valence-corrected chi connectivity index (χ2v) is 9.38. The molecule has 190 valence electrons. The summed E-state index contributed by atoms with van der Waals surface area (Å²) >= 11 is 0. The van der Waals surface area contributed by atoms with E-state index in [9.17, 15) is 4.39 Å². The molecule has 1 heterocycles. The first kappa shape index (κ1) is 24.3. The fourth-order valence-corrected chi connectivity index (χ4v) is 5.24. The van der Waals surface area contributed by atoms with Gasteiger partial charge in [-0.05, 0) is 46.5 Å². The van der Waals surface area contributed by atoms with Crippen LogP contribution in [0.2, 0.25) is 0 Å². The summed E-state index contributed by atoms with van der Waals surface area (Å²) < 4.78 is 30.8. The molecule has 0 aliphatic heterocycles. The highest BCUT2D eigenvalue weighted by atomic mass is 19.1. The number of benzene rings is 5. The Balaban J connectivity index is 1.72. The van der Waals surface area contributed by atoms with Crippen molar-refractivity contribution in [3.8, 4) is 0 Å². The molecule has 0 atom stereocenters. The largest absolute Gasteiger partial charge is 0.396 e. The Morgan fingerprint density at radius 2 is 1.21 bits per heavy atom. The highest BCUT2D eigenvalue weighted by molar-refractivity contribution is 5.92. The van der Waals surface area contributed by atoms with Gasteiger partial charge in [0.2, 0.25) is 0 Å². The van der Waals surface area contributed by atoms with E-state index in [0.29, 0.717) is 22.2 Å². The number of hydrogen-bond donors (Lipinski definition) is 1. The molecule has 3 nitrogen and oxygen atoms in total. The maximum Gasteiger partial charge on any atom is 0.148 e. The zero-order valence-corrected chi connectivity index (χ0v) is 21.0. The zero-order valence-electron chi connectivity index (χ0n) is 21.0. The van der Waals surface area contributed by atoms with E-state index in [4.69, 9.17) is 10.8 Å². The highest BCUT2D eigenvalue weighted by Crippen LogP contribution is 2.43. The smallest absolute Gasteiger partial charge is 0.148 e. The molecule has 0 saturated heterocycles. The minimum absolute atomic E-state index is 0.0344. The van der Waals surface area contributed by atoms with Crippen LogP contribution in [0, 0.1) is 11.6 Å². The summed E-state index contributed by atoms with van der Waals surface area (Å²) in [6.45, 7) is 0. The van der Waals surface area contributed by atoms with Crippen LogP contribution in [-0.2, 0) is 5.54 Å². The van der Waals surface area contributed by atoms with Gasteiger partial charge in [0, 0.05) is 11.5 Å². The van der Waals surface area contributed by atoms with Gasteiger partial charge in [-0.25, -0.2) is 13.5 Å². The van der Waals surface area contributed by atoms with Gasteiger partial charge in [0.25, 0.3) is 0 Å². The Morgan fingerprint density at radius 3 is 1.74 bits per heavy atom. The molecule has 0 radical (unpaired) electrons. The lowest BCUT2D eigenvalue weighted by Crippen LogP contribution is -2.38. The van der Waals surface area contributed by atoms with Crippen molar-refractivity contribution < 1.29 is 8.78 Å². The molecule has 0 spiro atoms. The molecule has 0 aliphatic rings. The number of aromatic nitrogens is 2. The van der Waals surface area contributed by atoms with Crippen LogP contribution in [0.25, 0.3) is 23.1 Å². The molecule has 39 heavy (non-hydrogen) atoms. The van der Waals surface area contributed by atoms with Crippen molar-refractivity contribution in [1.29, 1.82) is 0 Å². The molecule has 0 fully saturated rings. The van der Waals surface area contributed by atoms with Gasteiger partial charge in [0.1, 0.15) is 17.2 Å².